The number of para-hydroxylation sites is 2. The Labute approximate surface area is 159 Å². The second-order valence-corrected chi connectivity index (χ2v) is 7.16. The molecular weight excluding hydrogens is 326 g/mol. The van der Waals surface area contributed by atoms with E-state index in [1.807, 2.05) is 0 Å². The van der Waals surface area contributed by atoms with Gasteiger partial charge in [0.1, 0.15) is 0 Å². The molecule has 129 valence electrons. The maximum absolute atomic E-state index is 3.37. The van der Waals surface area contributed by atoms with Crippen molar-refractivity contribution in [3.05, 3.63) is 102 Å². The molecule has 0 atom stereocenters. The van der Waals surface area contributed by atoms with Gasteiger partial charge in [-0.25, -0.2) is 0 Å². The molecule has 1 heteroatoms. The SMILES string of the molecule is Cc1[c]c(C)cc(-c2ccc3c(c2)c2ccccc2n3-c2ccccc2)c1. The number of fused-ring (bicyclic) bond motifs is 3. The van der Waals surface area contributed by atoms with Crippen molar-refractivity contribution in [3.8, 4) is 16.8 Å². The molecule has 1 heterocycles. The van der Waals surface area contributed by atoms with Gasteiger partial charge < -0.3 is 4.57 Å². The Morgan fingerprint density at radius 1 is 0.593 bits per heavy atom. The van der Waals surface area contributed by atoms with Crippen molar-refractivity contribution in [1.29, 1.82) is 0 Å². The van der Waals surface area contributed by atoms with Crippen molar-refractivity contribution in [3.63, 3.8) is 0 Å². The van der Waals surface area contributed by atoms with Gasteiger partial charge in [0.15, 0.2) is 0 Å². The number of rotatable bonds is 2. The van der Waals surface area contributed by atoms with Crippen LogP contribution in [0.4, 0.5) is 0 Å². The number of aromatic nitrogens is 1. The third-order valence-electron chi connectivity index (χ3n) is 5.16. The first-order valence-electron chi connectivity index (χ1n) is 9.30. The Hall–Kier alpha value is -3.32. The Balaban J connectivity index is 1.83. The lowest BCUT2D eigenvalue weighted by Crippen LogP contribution is -1.92. The minimum atomic E-state index is 1.18. The predicted molar refractivity (Wildman–Crippen MR) is 115 cm³/mol. The minimum Gasteiger partial charge on any atom is -0.309 e. The third kappa shape index (κ3) is 2.63. The fraction of sp³-hybridized carbons (Fsp3) is 0.0769. The largest absolute Gasteiger partial charge is 0.309 e. The van der Waals surface area contributed by atoms with Gasteiger partial charge in [0.25, 0.3) is 0 Å². The lowest BCUT2D eigenvalue weighted by molar-refractivity contribution is 1.18. The third-order valence-corrected chi connectivity index (χ3v) is 5.16. The summed E-state index contributed by atoms with van der Waals surface area (Å²) in [5, 5.41) is 2.57. The highest BCUT2D eigenvalue weighted by atomic mass is 15.0. The molecule has 0 amide bonds. The molecule has 0 aliphatic rings. The highest BCUT2D eigenvalue weighted by Crippen LogP contribution is 2.35. The van der Waals surface area contributed by atoms with Crippen LogP contribution in [-0.4, -0.2) is 4.57 Å². The van der Waals surface area contributed by atoms with E-state index in [9.17, 15) is 0 Å². The summed E-state index contributed by atoms with van der Waals surface area (Å²) in [7, 11) is 0. The van der Waals surface area contributed by atoms with Crippen LogP contribution in [0.1, 0.15) is 11.1 Å². The molecule has 1 radical (unpaired) electrons. The summed E-state index contributed by atoms with van der Waals surface area (Å²) in [6.45, 7) is 4.21. The number of benzene rings is 4. The highest BCUT2D eigenvalue weighted by molar-refractivity contribution is 6.10. The summed E-state index contributed by atoms with van der Waals surface area (Å²) < 4.78 is 2.35. The van der Waals surface area contributed by atoms with Crippen LogP contribution < -0.4 is 0 Å². The van der Waals surface area contributed by atoms with Gasteiger partial charge in [-0.3, -0.25) is 0 Å². The summed E-state index contributed by atoms with van der Waals surface area (Å²) >= 11 is 0. The predicted octanol–water partition coefficient (Wildman–Crippen LogP) is 6.87. The second-order valence-electron chi connectivity index (χ2n) is 7.16. The molecule has 5 rings (SSSR count). The molecule has 0 N–H and O–H groups in total. The van der Waals surface area contributed by atoms with Crippen molar-refractivity contribution < 1.29 is 0 Å². The molecule has 0 saturated carbocycles. The summed E-state index contributed by atoms with van der Waals surface area (Å²) in [6, 6.07) is 33.8. The molecule has 0 aliphatic carbocycles. The number of aryl methyl sites for hydroxylation is 2. The van der Waals surface area contributed by atoms with Crippen LogP contribution in [0.2, 0.25) is 0 Å². The zero-order chi connectivity index (χ0) is 18.4. The summed E-state index contributed by atoms with van der Waals surface area (Å²) in [5.41, 5.74) is 8.53. The molecule has 0 bridgehead atoms. The lowest BCUT2D eigenvalue weighted by atomic mass is 9.99. The van der Waals surface area contributed by atoms with E-state index >= 15 is 0 Å². The van der Waals surface area contributed by atoms with E-state index in [1.165, 1.54) is 49.7 Å². The lowest BCUT2D eigenvalue weighted by Gasteiger charge is -2.08. The number of nitrogens with zero attached hydrogens (tertiary/aromatic N) is 1. The minimum absolute atomic E-state index is 1.18. The van der Waals surface area contributed by atoms with Gasteiger partial charge in [0.05, 0.1) is 11.0 Å². The second kappa shape index (κ2) is 6.14. The molecule has 5 aromatic rings. The topological polar surface area (TPSA) is 4.93 Å². The summed E-state index contributed by atoms with van der Waals surface area (Å²) in [5.74, 6) is 0. The van der Waals surface area contributed by atoms with Crippen LogP contribution in [0.3, 0.4) is 0 Å². The first-order chi connectivity index (χ1) is 13.2. The van der Waals surface area contributed by atoms with Gasteiger partial charge in [0, 0.05) is 16.5 Å². The van der Waals surface area contributed by atoms with E-state index in [1.54, 1.807) is 0 Å². The standard InChI is InChI=1S/C26H20N/c1-18-14-19(2)16-21(15-18)20-12-13-26-24(17-20)23-10-6-7-11-25(23)27(26)22-8-4-3-5-9-22/h3-13,15-17H,1-2H3. The van der Waals surface area contributed by atoms with Gasteiger partial charge in [-0.15, -0.1) is 0 Å². The Kier molecular flexibility index (Phi) is 3.61. The van der Waals surface area contributed by atoms with Crippen LogP contribution in [0.5, 0.6) is 0 Å². The fourth-order valence-electron chi connectivity index (χ4n) is 4.07. The average Bonchev–Trinajstić information content (AvgIpc) is 3.01. The Morgan fingerprint density at radius 3 is 2.04 bits per heavy atom. The Bertz CT molecular complexity index is 1260. The van der Waals surface area contributed by atoms with Gasteiger partial charge in [0.2, 0.25) is 0 Å². The molecule has 0 saturated heterocycles. The zero-order valence-electron chi connectivity index (χ0n) is 15.5. The smallest absolute Gasteiger partial charge is 0.0541 e. The van der Waals surface area contributed by atoms with Crippen LogP contribution in [-0.2, 0) is 0 Å². The van der Waals surface area contributed by atoms with Crippen molar-refractivity contribution in [2.24, 2.45) is 0 Å². The first kappa shape index (κ1) is 15.9. The summed E-state index contributed by atoms with van der Waals surface area (Å²) in [4.78, 5) is 0. The highest BCUT2D eigenvalue weighted by Gasteiger charge is 2.12. The van der Waals surface area contributed by atoms with E-state index in [2.05, 4.69) is 109 Å². The van der Waals surface area contributed by atoms with Gasteiger partial charge in [-0.05, 0) is 72.5 Å². The maximum Gasteiger partial charge on any atom is 0.0541 e. The molecule has 0 fully saturated rings. The first-order valence-corrected chi connectivity index (χ1v) is 9.30. The van der Waals surface area contributed by atoms with E-state index in [-0.39, 0.29) is 0 Å². The van der Waals surface area contributed by atoms with Gasteiger partial charge >= 0.3 is 0 Å². The van der Waals surface area contributed by atoms with Gasteiger partial charge in [-0.1, -0.05) is 54.6 Å². The van der Waals surface area contributed by atoms with Crippen molar-refractivity contribution in [1.82, 2.24) is 4.57 Å². The number of hydrogen-bond acceptors (Lipinski definition) is 0. The monoisotopic (exact) mass is 346 g/mol. The summed E-state index contributed by atoms with van der Waals surface area (Å²) in [6.07, 6.45) is 0. The van der Waals surface area contributed by atoms with Crippen molar-refractivity contribution >= 4 is 21.8 Å². The zero-order valence-corrected chi connectivity index (χ0v) is 15.5. The molecule has 0 spiro atoms. The normalized spacial score (nSPS) is 11.3. The van der Waals surface area contributed by atoms with Gasteiger partial charge in [-0.2, -0.15) is 0 Å². The molecule has 1 aromatic heterocycles. The molecule has 0 unspecified atom stereocenters. The van der Waals surface area contributed by atoms with E-state index in [4.69, 9.17) is 0 Å². The van der Waals surface area contributed by atoms with Crippen LogP contribution in [0, 0.1) is 19.9 Å². The molecular formula is C26H20N. The maximum atomic E-state index is 3.37. The Morgan fingerprint density at radius 2 is 1.26 bits per heavy atom. The molecule has 27 heavy (non-hydrogen) atoms. The average molecular weight is 346 g/mol. The quantitative estimate of drug-likeness (QED) is 0.329. The van der Waals surface area contributed by atoms with Crippen molar-refractivity contribution in [2.45, 2.75) is 13.8 Å². The fourth-order valence-corrected chi connectivity index (χ4v) is 4.07. The molecule has 1 nitrogen and oxygen atoms in total. The van der Waals surface area contributed by atoms with Crippen LogP contribution in [0.15, 0.2) is 84.9 Å². The molecule has 0 aliphatic heterocycles. The van der Waals surface area contributed by atoms with E-state index in [0.717, 1.165) is 0 Å². The van der Waals surface area contributed by atoms with Crippen LogP contribution >= 0.6 is 0 Å². The molecule has 4 aromatic carbocycles. The van der Waals surface area contributed by atoms with Crippen LogP contribution in [0.25, 0.3) is 38.6 Å². The number of hydrogen-bond donors (Lipinski definition) is 0. The van der Waals surface area contributed by atoms with E-state index < -0.39 is 0 Å². The van der Waals surface area contributed by atoms with E-state index in [0.29, 0.717) is 0 Å². The van der Waals surface area contributed by atoms with Crippen molar-refractivity contribution in [2.75, 3.05) is 0 Å².